The van der Waals surface area contributed by atoms with Gasteiger partial charge in [0, 0.05) is 6.42 Å². The van der Waals surface area contributed by atoms with Crippen LogP contribution in [0.25, 0.3) is 0 Å². The van der Waals surface area contributed by atoms with Crippen LogP contribution in [0.15, 0.2) is 34.9 Å². The molecule has 0 saturated heterocycles. The van der Waals surface area contributed by atoms with Crippen LogP contribution < -0.4 is 0 Å². The third kappa shape index (κ3) is 6.31. The molecule has 0 heterocycles. The fourth-order valence-corrected chi connectivity index (χ4v) is 2.88. The van der Waals surface area contributed by atoms with E-state index >= 15 is 0 Å². The van der Waals surface area contributed by atoms with Crippen molar-refractivity contribution in [2.45, 2.75) is 78.7 Å². The molecule has 0 amide bonds. The lowest BCUT2D eigenvalue weighted by atomic mass is 9.76. The molecule has 2 heteroatoms. The molecule has 2 nitrogen and oxygen atoms in total. The molecule has 0 spiro atoms. The Labute approximate surface area is 136 Å². The van der Waals surface area contributed by atoms with E-state index in [1.54, 1.807) is 0 Å². The summed E-state index contributed by atoms with van der Waals surface area (Å²) in [7, 11) is 0. The van der Waals surface area contributed by atoms with E-state index in [0.29, 0.717) is 6.42 Å². The molecule has 0 bridgehead atoms. The third-order valence-electron chi connectivity index (χ3n) is 4.69. The lowest BCUT2D eigenvalue weighted by Gasteiger charge is -2.34. The van der Waals surface area contributed by atoms with Crippen LogP contribution in [0.1, 0.15) is 73.1 Å². The normalized spacial score (nSPS) is 22.1. The van der Waals surface area contributed by atoms with Crippen molar-refractivity contribution in [3.8, 4) is 0 Å². The van der Waals surface area contributed by atoms with Gasteiger partial charge in [0.25, 0.3) is 0 Å². The van der Waals surface area contributed by atoms with E-state index in [1.165, 1.54) is 11.1 Å². The van der Waals surface area contributed by atoms with Gasteiger partial charge in [-0.05, 0) is 78.2 Å². The molecule has 1 rings (SSSR count). The van der Waals surface area contributed by atoms with Crippen molar-refractivity contribution < 1.29 is 9.90 Å². The van der Waals surface area contributed by atoms with Crippen molar-refractivity contribution in [2.75, 3.05) is 0 Å². The van der Waals surface area contributed by atoms with Crippen molar-refractivity contribution in [1.29, 1.82) is 0 Å². The second-order valence-corrected chi connectivity index (χ2v) is 7.21. The number of ketones is 1. The molecule has 0 aromatic rings. The summed E-state index contributed by atoms with van der Waals surface area (Å²) in [5, 5.41) is 10.7. The smallest absolute Gasteiger partial charge is 0.158 e. The predicted octanol–water partition coefficient (Wildman–Crippen LogP) is 5.14. The first-order chi connectivity index (χ1) is 10.2. The zero-order chi connectivity index (χ0) is 16.8. The van der Waals surface area contributed by atoms with Crippen molar-refractivity contribution in [3.05, 3.63) is 34.9 Å². The van der Waals surface area contributed by atoms with Crippen LogP contribution >= 0.6 is 0 Å². The molecule has 2 atom stereocenters. The summed E-state index contributed by atoms with van der Waals surface area (Å²) < 4.78 is 0. The molecular weight excluding hydrogens is 272 g/mol. The molecule has 0 aromatic heterocycles. The Morgan fingerprint density at radius 2 is 2.00 bits per heavy atom. The second kappa shape index (κ2) is 8.47. The van der Waals surface area contributed by atoms with E-state index in [0.717, 1.165) is 37.7 Å². The van der Waals surface area contributed by atoms with Gasteiger partial charge in [-0.3, -0.25) is 4.79 Å². The standard InChI is InChI=1S/C20H32O2/c1-15(2)8-6-9-16(3)10-7-13-20(5,22)18-12-11-17(4)19(21)14-18/h8,10-11,18,22H,6-7,9,12-14H2,1-5H3/t18-,20-/m1/s1. The van der Waals surface area contributed by atoms with Crippen molar-refractivity contribution in [3.63, 3.8) is 0 Å². The number of hydrogen-bond acceptors (Lipinski definition) is 2. The highest BCUT2D eigenvalue weighted by molar-refractivity contribution is 5.95. The summed E-state index contributed by atoms with van der Waals surface area (Å²) in [6, 6.07) is 0. The molecule has 1 aliphatic rings. The summed E-state index contributed by atoms with van der Waals surface area (Å²) in [6.07, 6.45) is 11.5. The van der Waals surface area contributed by atoms with Crippen molar-refractivity contribution >= 4 is 5.78 Å². The van der Waals surface area contributed by atoms with Crippen LogP contribution in [-0.2, 0) is 4.79 Å². The first kappa shape index (κ1) is 18.9. The molecule has 124 valence electrons. The van der Waals surface area contributed by atoms with Crippen molar-refractivity contribution in [1.82, 2.24) is 0 Å². The topological polar surface area (TPSA) is 37.3 Å². The Morgan fingerprint density at radius 3 is 2.59 bits per heavy atom. The quantitative estimate of drug-likeness (QED) is 0.662. The third-order valence-corrected chi connectivity index (χ3v) is 4.69. The fourth-order valence-electron chi connectivity index (χ4n) is 2.88. The van der Waals surface area contributed by atoms with Crippen LogP contribution in [0.3, 0.4) is 0 Å². The Bertz CT molecular complexity index is 474. The summed E-state index contributed by atoms with van der Waals surface area (Å²) in [6.45, 7) is 10.1. The second-order valence-electron chi connectivity index (χ2n) is 7.21. The Balaban J connectivity index is 2.45. The van der Waals surface area contributed by atoms with Gasteiger partial charge in [0.15, 0.2) is 5.78 Å². The SMILES string of the molecule is CC(C)=CCCC(C)=CCC[C@@](C)(O)[C@@H]1CC=C(C)C(=O)C1. The van der Waals surface area contributed by atoms with Gasteiger partial charge < -0.3 is 5.11 Å². The van der Waals surface area contributed by atoms with E-state index in [1.807, 2.05) is 19.9 Å². The minimum atomic E-state index is -0.760. The highest BCUT2D eigenvalue weighted by atomic mass is 16.3. The minimum Gasteiger partial charge on any atom is -0.390 e. The Kier molecular flexibility index (Phi) is 7.28. The zero-order valence-corrected chi connectivity index (χ0v) is 14.9. The minimum absolute atomic E-state index is 0.0584. The molecule has 0 saturated carbocycles. The molecule has 0 aliphatic heterocycles. The first-order valence-corrected chi connectivity index (χ1v) is 8.43. The van der Waals surface area contributed by atoms with Crippen LogP contribution in [0.4, 0.5) is 0 Å². The van der Waals surface area contributed by atoms with E-state index in [-0.39, 0.29) is 11.7 Å². The average molecular weight is 304 g/mol. The van der Waals surface area contributed by atoms with Gasteiger partial charge in [-0.15, -0.1) is 0 Å². The van der Waals surface area contributed by atoms with Crippen LogP contribution in [0, 0.1) is 5.92 Å². The van der Waals surface area contributed by atoms with Crippen LogP contribution in [0.5, 0.6) is 0 Å². The number of hydrogen-bond donors (Lipinski definition) is 1. The number of Topliss-reactive ketones (excluding diaryl/α,β-unsaturated/α-hetero) is 1. The molecule has 22 heavy (non-hydrogen) atoms. The maximum Gasteiger partial charge on any atom is 0.158 e. The largest absolute Gasteiger partial charge is 0.390 e. The average Bonchev–Trinajstić information content (AvgIpc) is 2.41. The van der Waals surface area contributed by atoms with Crippen LogP contribution in [-0.4, -0.2) is 16.5 Å². The molecule has 0 aromatic carbocycles. The maximum absolute atomic E-state index is 11.8. The van der Waals surface area contributed by atoms with Crippen molar-refractivity contribution in [2.24, 2.45) is 5.92 Å². The summed E-state index contributed by atoms with van der Waals surface area (Å²) in [5.74, 6) is 0.244. The molecule has 1 aliphatic carbocycles. The summed E-state index contributed by atoms with van der Waals surface area (Å²) in [5.41, 5.74) is 2.83. The molecular formula is C20H32O2. The van der Waals surface area contributed by atoms with Gasteiger partial charge in [0.05, 0.1) is 5.60 Å². The van der Waals surface area contributed by atoms with Crippen LogP contribution in [0.2, 0.25) is 0 Å². The number of carbonyl (C=O) groups excluding carboxylic acids is 1. The van der Waals surface area contributed by atoms with E-state index < -0.39 is 5.60 Å². The number of rotatable bonds is 7. The monoisotopic (exact) mass is 304 g/mol. The fraction of sp³-hybridized carbons (Fsp3) is 0.650. The number of allylic oxidation sites excluding steroid dienone is 6. The van der Waals surface area contributed by atoms with E-state index in [4.69, 9.17) is 0 Å². The number of aliphatic hydroxyl groups is 1. The van der Waals surface area contributed by atoms with Gasteiger partial charge in [0.1, 0.15) is 0 Å². The highest BCUT2D eigenvalue weighted by Gasteiger charge is 2.34. The van der Waals surface area contributed by atoms with Gasteiger partial charge in [-0.2, -0.15) is 0 Å². The lowest BCUT2D eigenvalue weighted by Crippen LogP contribution is -2.37. The van der Waals surface area contributed by atoms with Gasteiger partial charge in [-0.1, -0.05) is 29.4 Å². The molecule has 0 fully saturated rings. The van der Waals surface area contributed by atoms with Gasteiger partial charge >= 0.3 is 0 Å². The van der Waals surface area contributed by atoms with E-state index in [2.05, 4.69) is 32.9 Å². The first-order valence-electron chi connectivity index (χ1n) is 8.43. The van der Waals surface area contributed by atoms with Gasteiger partial charge in [0.2, 0.25) is 0 Å². The summed E-state index contributed by atoms with van der Waals surface area (Å²) in [4.78, 5) is 11.8. The Hall–Kier alpha value is -1.15. The Morgan fingerprint density at radius 1 is 1.32 bits per heavy atom. The highest BCUT2D eigenvalue weighted by Crippen LogP contribution is 2.33. The molecule has 0 radical (unpaired) electrons. The molecule has 0 unspecified atom stereocenters. The van der Waals surface area contributed by atoms with Gasteiger partial charge in [-0.25, -0.2) is 0 Å². The number of carbonyl (C=O) groups is 1. The summed E-state index contributed by atoms with van der Waals surface area (Å²) >= 11 is 0. The molecule has 1 N–H and O–H groups in total. The lowest BCUT2D eigenvalue weighted by molar-refractivity contribution is -0.119. The van der Waals surface area contributed by atoms with E-state index in [9.17, 15) is 9.90 Å². The predicted molar refractivity (Wildman–Crippen MR) is 93.8 cm³/mol. The maximum atomic E-state index is 11.8. The zero-order valence-electron chi connectivity index (χ0n) is 14.9.